The van der Waals surface area contributed by atoms with Crippen molar-refractivity contribution in [1.82, 2.24) is 5.32 Å². The number of rotatable bonds is 5. The topological polar surface area (TPSA) is 41.1 Å². The molecular formula is C12H15BrCl2N2O. The van der Waals surface area contributed by atoms with E-state index in [1.807, 2.05) is 26.0 Å². The number of hydrogen-bond acceptors (Lipinski definition) is 2. The van der Waals surface area contributed by atoms with Gasteiger partial charge in [-0.15, -0.1) is 0 Å². The minimum atomic E-state index is 0.0110. The largest absolute Gasteiger partial charge is 0.383 e. The quantitative estimate of drug-likeness (QED) is 0.783. The number of halogens is 3. The Morgan fingerprint density at radius 1 is 1.33 bits per heavy atom. The Labute approximate surface area is 125 Å². The summed E-state index contributed by atoms with van der Waals surface area (Å²) in [5.74, 6) is 0.0110. The van der Waals surface area contributed by atoms with E-state index in [0.717, 1.165) is 10.2 Å². The molecule has 18 heavy (non-hydrogen) atoms. The van der Waals surface area contributed by atoms with Crippen molar-refractivity contribution in [2.75, 3.05) is 11.9 Å². The summed E-state index contributed by atoms with van der Waals surface area (Å²) in [6.45, 7) is 4.36. The fourth-order valence-corrected chi connectivity index (χ4v) is 2.21. The first-order valence-electron chi connectivity index (χ1n) is 5.58. The second-order valence-electron chi connectivity index (χ2n) is 4.12. The Kier molecular flexibility index (Phi) is 6.26. The monoisotopic (exact) mass is 352 g/mol. The number of hydrogen-bond donors (Lipinski definition) is 2. The number of anilines is 1. The summed E-state index contributed by atoms with van der Waals surface area (Å²) in [4.78, 5) is 11.4. The molecule has 0 saturated heterocycles. The maximum atomic E-state index is 11.4. The Balaban J connectivity index is 2.50. The molecule has 0 saturated carbocycles. The van der Waals surface area contributed by atoms with E-state index >= 15 is 0 Å². The summed E-state index contributed by atoms with van der Waals surface area (Å²) in [5, 5.41) is 6.83. The van der Waals surface area contributed by atoms with Crippen LogP contribution in [0.15, 0.2) is 16.6 Å². The Hall–Kier alpha value is -0.450. The van der Waals surface area contributed by atoms with Crippen molar-refractivity contribution in [1.29, 1.82) is 0 Å². The van der Waals surface area contributed by atoms with Crippen LogP contribution in [-0.4, -0.2) is 18.5 Å². The van der Waals surface area contributed by atoms with Crippen molar-refractivity contribution in [3.63, 3.8) is 0 Å². The number of benzene rings is 1. The molecule has 0 aromatic heterocycles. The zero-order chi connectivity index (χ0) is 13.7. The van der Waals surface area contributed by atoms with Crippen LogP contribution in [0.3, 0.4) is 0 Å². The fourth-order valence-electron chi connectivity index (χ4n) is 1.37. The standard InChI is InChI=1S/C12H15BrCl2N2O/c1-7(2)17-10(18)5-6-16-9-4-3-8(13)11(14)12(9)15/h3-4,7,16H,5-6H2,1-2H3,(H,17,18). The van der Waals surface area contributed by atoms with Gasteiger partial charge in [0.25, 0.3) is 0 Å². The van der Waals surface area contributed by atoms with E-state index in [0.29, 0.717) is 23.0 Å². The van der Waals surface area contributed by atoms with Crippen molar-refractivity contribution >= 4 is 50.7 Å². The Morgan fingerprint density at radius 2 is 2.00 bits per heavy atom. The van der Waals surface area contributed by atoms with E-state index in [1.54, 1.807) is 0 Å². The van der Waals surface area contributed by atoms with E-state index in [4.69, 9.17) is 23.2 Å². The van der Waals surface area contributed by atoms with Gasteiger partial charge in [-0.25, -0.2) is 0 Å². The smallest absolute Gasteiger partial charge is 0.221 e. The van der Waals surface area contributed by atoms with Crippen molar-refractivity contribution in [3.8, 4) is 0 Å². The molecule has 0 aliphatic rings. The predicted octanol–water partition coefficient (Wildman–Crippen LogP) is 4.08. The number of carbonyl (C=O) groups excluding carboxylic acids is 1. The van der Waals surface area contributed by atoms with E-state index in [-0.39, 0.29) is 11.9 Å². The molecule has 0 fully saturated rings. The third-order valence-corrected chi connectivity index (χ3v) is 3.92. The average molecular weight is 354 g/mol. The van der Waals surface area contributed by atoms with Gasteiger partial charge in [0.05, 0.1) is 15.7 Å². The molecule has 6 heteroatoms. The van der Waals surface area contributed by atoms with Crippen LogP contribution in [0.1, 0.15) is 20.3 Å². The minimum absolute atomic E-state index is 0.0110. The molecule has 1 rings (SSSR count). The van der Waals surface area contributed by atoms with E-state index in [1.165, 1.54) is 0 Å². The lowest BCUT2D eigenvalue weighted by molar-refractivity contribution is -0.121. The van der Waals surface area contributed by atoms with E-state index < -0.39 is 0 Å². The van der Waals surface area contributed by atoms with Crippen LogP contribution >= 0.6 is 39.1 Å². The highest BCUT2D eigenvalue weighted by molar-refractivity contribution is 9.10. The van der Waals surface area contributed by atoms with Crippen LogP contribution in [0.2, 0.25) is 10.0 Å². The zero-order valence-electron chi connectivity index (χ0n) is 10.2. The van der Waals surface area contributed by atoms with Crippen molar-refractivity contribution in [3.05, 3.63) is 26.7 Å². The summed E-state index contributed by atoms with van der Waals surface area (Å²) < 4.78 is 0.747. The van der Waals surface area contributed by atoms with Crippen molar-refractivity contribution in [2.24, 2.45) is 0 Å². The van der Waals surface area contributed by atoms with Gasteiger partial charge in [0.1, 0.15) is 0 Å². The molecule has 1 amide bonds. The molecule has 1 aromatic carbocycles. The first-order valence-corrected chi connectivity index (χ1v) is 7.13. The number of amides is 1. The molecular weight excluding hydrogens is 339 g/mol. The molecule has 0 atom stereocenters. The first-order chi connectivity index (χ1) is 8.41. The van der Waals surface area contributed by atoms with Gasteiger partial charge in [-0.05, 0) is 41.9 Å². The molecule has 0 unspecified atom stereocenters. The van der Waals surface area contributed by atoms with Gasteiger partial charge in [-0.3, -0.25) is 4.79 Å². The lowest BCUT2D eigenvalue weighted by atomic mass is 10.3. The van der Waals surface area contributed by atoms with Gasteiger partial charge >= 0.3 is 0 Å². The maximum Gasteiger partial charge on any atom is 0.221 e. The third-order valence-electron chi connectivity index (χ3n) is 2.15. The lowest BCUT2D eigenvalue weighted by Crippen LogP contribution is -2.31. The van der Waals surface area contributed by atoms with Gasteiger partial charge in [0, 0.05) is 23.5 Å². The fraction of sp³-hybridized carbons (Fsp3) is 0.417. The highest BCUT2D eigenvalue weighted by Crippen LogP contribution is 2.35. The van der Waals surface area contributed by atoms with Crippen molar-refractivity contribution < 1.29 is 4.79 Å². The van der Waals surface area contributed by atoms with Crippen LogP contribution in [0.5, 0.6) is 0 Å². The second kappa shape index (κ2) is 7.22. The van der Waals surface area contributed by atoms with Crippen LogP contribution < -0.4 is 10.6 Å². The SMILES string of the molecule is CC(C)NC(=O)CCNc1ccc(Br)c(Cl)c1Cl. The van der Waals surface area contributed by atoms with Gasteiger partial charge in [0.15, 0.2) is 0 Å². The highest BCUT2D eigenvalue weighted by Gasteiger charge is 2.08. The van der Waals surface area contributed by atoms with Gasteiger partial charge in [0.2, 0.25) is 5.91 Å². The normalized spacial score (nSPS) is 10.6. The average Bonchev–Trinajstić information content (AvgIpc) is 2.28. The van der Waals surface area contributed by atoms with Gasteiger partial charge < -0.3 is 10.6 Å². The molecule has 0 heterocycles. The van der Waals surface area contributed by atoms with E-state index in [2.05, 4.69) is 26.6 Å². The summed E-state index contributed by atoms with van der Waals surface area (Å²) >= 11 is 15.4. The molecule has 2 N–H and O–H groups in total. The molecule has 0 bridgehead atoms. The Morgan fingerprint density at radius 3 is 2.61 bits per heavy atom. The van der Waals surface area contributed by atoms with Crippen molar-refractivity contribution in [2.45, 2.75) is 26.3 Å². The van der Waals surface area contributed by atoms with Crippen LogP contribution in [0.4, 0.5) is 5.69 Å². The molecule has 0 radical (unpaired) electrons. The highest BCUT2D eigenvalue weighted by atomic mass is 79.9. The molecule has 0 spiro atoms. The summed E-state index contributed by atoms with van der Waals surface area (Å²) in [7, 11) is 0. The molecule has 3 nitrogen and oxygen atoms in total. The summed E-state index contributed by atoms with van der Waals surface area (Å²) in [5.41, 5.74) is 0.724. The minimum Gasteiger partial charge on any atom is -0.383 e. The van der Waals surface area contributed by atoms with Crippen LogP contribution in [-0.2, 0) is 4.79 Å². The Bertz CT molecular complexity index is 438. The summed E-state index contributed by atoms with van der Waals surface area (Å²) in [6.07, 6.45) is 0.391. The molecule has 0 aliphatic carbocycles. The molecule has 100 valence electrons. The lowest BCUT2D eigenvalue weighted by Gasteiger charge is -2.11. The van der Waals surface area contributed by atoms with Crippen LogP contribution in [0.25, 0.3) is 0 Å². The third kappa shape index (κ3) is 4.67. The number of carbonyl (C=O) groups is 1. The molecule has 1 aromatic rings. The van der Waals surface area contributed by atoms with Gasteiger partial charge in [-0.1, -0.05) is 23.2 Å². The van der Waals surface area contributed by atoms with E-state index in [9.17, 15) is 4.79 Å². The number of nitrogens with one attached hydrogen (secondary N) is 2. The maximum absolute atomic E-state index is 11.4. The molecule has 0 aliphatic heterocycles. The zero-order valence-corrected chi connectivity index (χ0v) is 13.3. The predicted molar refractivity (Wildman–Crippen MR) is 80.5 cm³/mol. The summed E-state index contributed by atoms with van der Waals surface area (Å²) in [6, 6.07) is 3.78. The van der Waals surface area contributed by atoms with Crippen LogP contribution in [0, 0.1) is 0 Å². The first kappa shape index (κ1) is 15.6. The second-order valence-corrected chi connectivity index (χ2v) is 5.73. The van der Waals surface area contributed by atoms with Gasteiger partial charge in [-0.2, -0.15) is 0 Å².